The molecule has 0 spiro atoms. The summed E-state index contributed by atoms with van der Waals surface area (Å²) in [6, 6.07) is 10.4. The zero-order chi connectivity index (χ0) is 17.2. The molecular weight excluding hydrogens is 342 g/mol. The molecule has 4 rings (SSSR count). The monoisotopic (exact) mass is 357 g/mol. The Balaban J connectivity index is 1.42. The van der Waals surface area contributed by atoms with Crippen LogP contribution in [-0.2, 0) is 0 Å². The zero-order valence-electron chi connectivity index (χ0n) is 13.1. The molecule has 7 nitrogen and oxygen atoms in total. The van der Waals surface area contributed by atoms with E-state index in [-0.39, 0.29) is 12.5 Å². The molecule has 1 aromatic heterocycles. The van der Waals surface area contributed by atoms with Gasteiger partial charge in [-0.25, -0.2) is 0 Å². The Kier molecular flexibility index (Phi) is 4.21. The molecule has 0 fully saturated rings. The zero-order valence-corrected chi connectivity index (χ0v) is 14.0. The number of fused-ring (bicyclic) bond motifs is 2. The number of hydrogen-bond acceptors (Lipinski definition) is 7. The van der Waals surface area contributed by atoms with Crippen LogP contribution in [0.25, 0.3) is 11.0 Å². The second kappa shape index (κ2) is 6.66. The Labute approximate surface area is 147 Å². The van der Waals surface area contributed by atoms with Crippen molar-refractivity contribution in [2.45, 2.75) is 6.10 Å². The van der Waals surface area contributed by atoms with E-state index in [1.54, 1.807) is 36.4 Å². The van der Waals surface area contributed by atoms with Crippen LogP contribution in [-0.4, -0.2) is 39.5 Å². The molecule has 1 unspecified atom stereocenters. The van der Waals surface area contributed by atoms with Gasteiger partial charge >= 0.3 is 0 Å². The van der Waals surface area contributed by atoms with E-state index in [4.69, 9.17) is 9.47 Å². The summed E-state index contributed by atoms with van der Waals surface area (Å²) in [7, 11) is 0. The molecule has 128 valence electrons. The summed E-state index contributed by atoms with van der Waals surface area (Å²) < 4.78 is 19.2. The number of carbonyl (C=O) groups is 1. The maximum Gasteiger partial charge on any atom is 0.251 e. The maximum atomic E-state index is 12.3. The van der Waals surface area contributed by atoms with Crippen molar-refractivity contribution in [3.8, 4) is 11.5 Å². The molecule has 0 saturated heterocycles. The second-order valence-corrected chi connectivity index (χ2v) is 6.13. The first-order valence-electron chi connectivity index (χ1n) is 7.79. The molecule has 0 saturated carbocycles. The summed E-state index contributed by atoms with van der Waals surface area (Å²) in [5, 5.41) is 13.1. The SMILES string of the molecule is O=C(NCC(O)c1ccc2c(c1)OCCO2)c1ccc2nsnc2c1. The van der Waals surface area contributed by atoms with Crippen LogP contribution in [0.1, 0.15) is 22.0 Å². The third kappa shape index (κ3) is 3.26. The highest BCUT2D eigenvalue weighted by atomic mass is 32.1. The number of amides is 1. The fourth-order valence-electron chi connectivity index (χ4n) is 2.60. The van der Waals surface area contributed by atoms with Crippen LogP contribution >= 0.6 is 11.7 Å². The lowest BCUT2D eigenvalue weighted by Crippen LogP contribution is -2.28. The van der Waals surface area contributed by atoms with Crippen LogP contribution < -0.4 is 14.8 Å². The van der Waals surface area contributed by atoms with E-state index in [1.807, 2.05) is 0 Å². The van der Waals surface area contributed by atoms with Gasteiger partial charge in [0.2, 0.25) is 0 Å². The molecule has 1 aliphatic rings. The first-order chi connectivity index (χ1) is 12.2. The highest BCUT2D eigenvalue weighted by molar-refractivity contribution is 7.00. The molecule has 25 heavy (non-hydrogen) atoms. The van der Waals surface area contributed by atoms with Crippen molar-refractivity contribution in [2.75, 3.05) is 19.8 Å². The van der Waals surface area contributed by atoms with Crippen molar-refractivity contribution >= 4 is 28.7 Å². The number of nitrogens with zero attached hydrogens (tertiary/aromatic N) is 2. The molecule has 1 atom stereocenters. The van der Waals surface area contributed by atoms with E-state index < -0.39 is 6.10 Å². The maximum absolute atomic E-state index is 12.3. The van der Waals surface area contributed by atoms with E-state index in [9.17, 15) is 9.90 Å². The van der Waals surface area contributed by atoms with Gasteiger partial charge in [-0.05, 0) is 35.9 Å². The molecule has 2 N–H and O–H groups in total. The van der Waals surface area contributed by atoms with Crippen molar-refractivity contribution in [3.63, 3.8) is 0 Å². The minimum absolute atomic E-state index is 0.0891. The fourth-order valence-corrected chi connectivity index (χ4v) is 3.12. The van der Waals surface area contributed by atoms with E-state index in [0.29, 0.717) is 41.4 Å². The third-order valence-corrected chi connectivity index (χ3v) is 4.48. The first-order valence-corrected chi connectivity index (χ1v) is 8.52. The number of ether oxygens (including phenoxy) is 2. The van der Waals surface area contributed by atoms with Gasteiger partial charge in [0.1, 0.15) is 24.2 Å². The Bertz CT molecular complexity index is 927. The van der Waals surface area contributed by atoms with Gasteiger partial charge in [-0.2, -0.15) is 8.75 Å². The predicted octanol–water partition coefficient (Wildman–Crippen LogP) is 1.93. The van der Waals surface area contributed by atoms with Gasteiger partial charge < -0.3 is 19.9 Å². The van der Waals surface area contributed by atoms with Crippen molar-refractivity contribution in [2.24, 2.45) is 0 Å². The lowest BCUT2D eigenvalue weighted by molar-refractivity contribution is 0.0916. The van der Waals surface area contributed by atoms with Crippen LogP contribution in [0.3, 0.4) is 0 Å². The van der Waals surface area contributed by atoms with Gasteiger partial charge in [0.25, 0.3) is 5.91 Å². The molecular formula is C17H15N3O4S. The van der Waals surface area contributed by atoms with Crippen molar-refractivity contribution in [1.82, 2.24) is 14.1 Å². The lowest BCUT2D eigenvalue weighted by atomic mass is 10.1. The Morgan fingerprint density at radius 3 is 2.80 bits per heavy atom. The second-order valence-electron chi connectivity index (χ2n) is 5.60. The van der Waals surface area contributed by atoms with Gasteiger partial charge in [0.05, 0.1) is 17.8 Å². The van der Waals surface area contributed by atoms with Crippen molar-refractivity contribution in [3.05, 3.63) is 47.5 Å². The molecule has 1 amide bonds. The average molecular weight is 357 g/mol. The van der Waals surface area contributed by atoms with Crippen molar-refractivity contribution < 1.29 is 19.4 Å². The number of aromatic nitrogens is 2. The number of benzene rings is 2. The summed E-state index contributed by atoms with van der Waals surface area (Å²) in [5.41, 5.74) is 2.58. The standard InChI is InChI=1S/C17H15N3O4S/c21-14(10-2-4-15-16(8-10)24-6-5-23-15)9-18-17(22)11-1-3-12-13(7-11)20-25-19-12/h1-4,7-8,14,21H,5-6,9H2,(H,18,22). The van der Waals surface area contributed by atoms with Gasteiger partial charge in [-0.15, -0.1) is 0 Å². The van der Waals surface area contributed by atoms with Crippen LogP contribution in [0.15, 0.2) is 36.4 Å². The predicted molar refractivity (Wildman–Crippen MR) is 92.1 cm³/mol. The van der Waals surface area contributed by atoms with E-state index in [1.165, 1.54) is 0 Å². The number of carbonyl (C=O) groups excluding carboxylic acids is 1. The number of aliphatic hydroxyl groups is 1. The van der Waals surface area contributed by atoms with E-state index in [2.05, 4.69) is 14.1 Å². The van der Waals surface area contributed by atoms with E-state index >= 15 is 0 Å². The van der Waals surface area contributed by atoms with Crippen molar-refractivity contribution in [1.29, 1.82) is 0 Å². The number of rotatable bonds is 4. The minimum atomic E-state index is -0.843. The highest BCUT2D eigenvalue weighted by Crippen LogP contribution is 2.32. The quantitative estimate of drug-likeness (QED) is 0.741. The van der Waals surface area contributed by atoms with Gasteiger partial charge in [0, 0.05) is 12.1 Å². The largest absolute Gasteiger partial charge is 0.486 e. The minimum Gasteiger partial charge on any atom is -0.486 e. The molecule has 2 aromatic carbocycles. The molecule has 1 aliphatic heterocycles. The topological polar surface area (TPSA) is 93.6 Å². The number of nitrogens with one attached hydrogen (secondary N) is 1. The highest BCUT2D eigenvalue weighted by Gasteiger charge is 2.16. The summed E-state index contributed by atoms with van der Waals surface area (Å²) in [4.78, 5) is 12.3. The number of aliphatic hydroxyl groups excluding tert-OH is 1. The van der Waals surface area contributed by atoms with Gasteiger partial charge in [0.15, 0.2) is 11.5 Å². The number of hydrogen-bond donors (Lipinski definition) is 2. The van der Waals surface area contributed by atoms with Gasteiger partial charge in [-0.1, -0.05) is 6.07 Å². The first kappa shape index (κ1) is 15.8. The molecule has 8 heteroatoms. The molecule has 3 aromatic rings. The van der Waals surface area contributed by atoms with E-state index in [0.717, 1.165) is 17.2 Å². The Morgan fingerprint density at radius 1 is 1.12 bits per heavy atom. The summed E-state index contributed by atoms with van der Waals surface area (Å²) >= 11 is 1.11. The normalized spacial score (nSPS) is 14.3. The Hall–Kier alpha value is -2.71. The summed E-state index contributed by atoms with van der Waals surface area (Å²) in [5.74, 6) is 0.999. The molecule has 0 aliphatic carbocycles. The van der Waals surface area contributed by atoms with Crippen LogP contribution in [0, 0.1) is 0 Å². The van der Waals surface area contributed by atoms with Crippen LogP contribution in [0.4, 0.5) is 0 Å². The lowest BCUT2D eigenvalue weighted by Gasteiger charge is -2.20. The summed E-state index contributed by atoms with van der Waals surface area (Å²) in [6.45, 7) is 1.09. The Morgan fingerprint density at radius 2 is 1.92 bits per heavy atom. The summed E-state index contributed by atoms with van der Waals surface area (Å²) in [6.07, 6.45) is -0.843. The molecule has 0 bridgehead atoms. The van der Waals surface area contributed by atoms with Crippen LogP contribution in [0.5, 0.6) is 11.5 Å². The van der Waals surface area contributed by atoms with Gasteiger partial charge in [-0.3, -0.25) is 4.79 Å². The third-order valence-electron chi connectivity index (χ3n) is 3.92. The smallest absolute Gasteiger partial charge is 0.251 e. The average Bonchev–Trinajstić information content (AvgIpc) is 3.13. The molecule has 2 heterocycles. The fraction of sp³-hybridized carbons (Fsp3) is 0.235. The van der Waals surface area contributed by atoms with Crippen LogP contribution in [0.2, 0.25) is 0 Å². The molecule has 0 radical (unpaired) electrons.